The van der Waals surface area contributed by atoms with Gasteiger partial charge in [-0.05, 0) is 36.2 Å². The number of carbonyl (C=O) groups is 1. The minimum atomic E-state index is -0.314. The summed E-state index contributed by atoms with van der Waals surface area (Å²) in [6.45, 7) is 1.88. The van der Waals surface area contributed by atoms with Crippen LogP contribution in [0.3, 0.4) is 0 Å². The number of rotatable bonds is 4. The number of carbonyl (C=O) groups excluding carboxylic acids is 1. The zero-order valence-corrected chi connectivity index (χ0v) is 14.9. The number of anilines is 1. The molecule has 0 spiro atoms. The van der Waals surface area contributed by atoms with Crippen LogP contribution in [-0.2, 0) is 7.05 Å². The highest BCUT2D eigenvalue weighted by Gasteiger charge is 2.15. The number of amides is 1. The zero-order valence-electron chi connectivity index (χ0n) is 14.9. The van der Waals surface area contributed by atoms with E-state index in [1.54, 1.807) is 23.9 Å². The van der Waals surface area contributed by atoms with Crippen molar-refractivity contribution >= 4 is 11.9 Å². The van der Waals surface area contributed by atoms with E-state index in [4.69, 9.17) is 4.42 Å². The van der Waals surface area contributed by atoms with Crippen molar-refractivity contribution in [2.75, 3.05) is 5.32 Å². The molecule has 0 fully saturated rings. The highest BCUT2D eigenvalue weighted by Crippen LogP contribution is 2.22. The number of nitrogens with one attached hydrogen (secondary N) is 1. The molecule has 2 aromatic heterocycles. The van der Waals surface area contributed by atoms with Gasteiger partial charge in [-0.25, -0.2) is 0 Å². The first-order chi connectivity index (χ1) is 13.1. The van der Waals surface area contributed by atoms with Gasteiger partial charge in [-0.1, -0.05) is 47.6 Å². The topological polar surface area (TPSA) is 85.8 Å². The summed E-state index contributed by atoms with van der Waals surface area (Å²) in [6, 6.07) is 19.2. The van der Waals surface area contributed by atoms with Crippen LogP contribution < -0.4 is 5.32 Å². The maximum Gasteiger partial charge on any atom is 0.322 e. The number of nitrogens with zero attached hydrogens (tertiary/aromatic N) is 4. The Balaban J connectivity index is 1.49. The Labute approximate surface area is 155 Å². The molecule has 1 amide bonds. The van der Waals surface area contributed by atoms with Gasteiger partial charge in [-0.15, -0.1) is 5.10 Å². The summed E-state index contributed by atoms with van der Waals surface area (Å²) in [5.41, 5.74) is 4.17. The fourth-order valence-electron chi connectivity index (χ4n) is 2.80. The Bertz CT molecular complexity index is 1080. The van der Waals surface area contributed by atoms with Crippen LogP contribution in [0.5, 0.6) is 0 Å². The Kier molecular flexibility index (Phi) is 4.25. The highest BCUT2D eigenvalue weighted by molar-refractivity contribution is 6.03. The molecule has 0 unspecified atom stereocenters. The first-order valence-corrected chi connectivity index (χ1v) is 8.41. The minimum absolute atomic E-state index is 0.0426. The molecule has 0 radical (unpaired) electrons. The van der Waals surface area contributed by atoms with Crippen LogP contribution >= 0.6 is 0 Å². The summed E-state index contributed by atoms with van der Waals surface area (Å²) in [5, 5.41) is 14.7. The summed E-state index contributed by atoms with van der Waals surface area (Å²) in [4.78, 5) is 12.4. The lowest BCUT2D eigenvalue weighted by Gasteiger charge is -2.04. The first kappa shape index (κ1) is 16.7. The Morgan fingerprint density at radius 2 is 1.70 bits per heavy atom. The maximum atomic E-state index is 12.4. The summed E-state index contributed by atoms with van der Waals surface area (Å²) >= 11 is 0. The van der Waals surface area contributed by atoms with Crippen molar-refractivity contribution < 1.29 is 9.21 Å². The Morgan fingerprint density at radius 3 is 2.37 bits per heavy atom. The van der Waals surface area contributed by atoms with E-state index in [1.165, 1.54) is 0 Å². The van der Waals surface area contributed by atoms with Crippen molar-refractivity contribution in [1.82, 2.24) is 20.0 Å². The lowest BCUT2D eigenvalue weighted by molar-refractivity contribution is 0.102. The molecule has 0 saturated carbocycles. The lowest BCUT2D eigenvalue weighted by Crippen LogP contribution is -2.11. The monoisotopic (exact) mass is 359 g/mol. The van der Waals surface area contributed by atoms with Gasteiger partial charge in [-0.3, -0.25) is 14.8 Å². The largest absolute Gasteiger partial charge is 0.401 e. The van der Waals surface area contributed by atoms with Crippen molar-refractivity contribution in [3.05, 3.63) is 71.9 Å². The summed E-state index contributed by atoms with van der Waals surface area (Å²) in [6.07, 6.45) is 0. The molecule has 0 bridgehead atoms. The van der Waals surface area contributed by atoms with E-state index >= 15 is 0 Å². The predicted molar refractivity (Wildman–Crippen MR) is 101 cm³/mol. The molecule has 0 atom stereocenters. The van der Waals surface area contributed by atoms with Gasteiger partial charge in [-0.2, -0.15) is 5.10 Å². The van der Waals surface area contributed by atoms with Crippen molar-refractivity contribution in [3.63, 3.8) is 0 Å². The van der Waals surface area contributed by atoms with Gasteiger partial charge < -0.3 is 4.42 Å². The van der Waals surface area contributed by atoms with E-state index in [2.05, 4.69) is 20.6 Å². The van der Waals surface area contributed by atoms with E-state index in [-0.39, 0.29) is 11.9 Å². The normalized spacial score (nSPS) is 10.7. The van der Waals surface area contributed by atoms with Gasteiger partial charge in [0.2, 0.25) is 0 Å². The van der Waals surface area contributed by atoms with Crippen molar-refractivity contribution in [2.24, 2.45) is 7.05 Å². The van der Waals surface area contributed by atoms with Gasteiger partial charge in [0.15, 0.2) is 0 Å². The van der Waals surface area contributed by atoms with E-state index in [0.717, 1.165) is 16.8 Å². The molecule has 1 N–H and O–H groups in total. The third-order valence-corrected chi connectivity index (χ3v) is 4.12. The van der Waals surface area contributed by atoms with Gasteiger partial charge in [0, 0.05) is 12.6 Å². The second-order valence-corrected chi connectivity index (χ2v) is 6.10. The van der Waals surface area contributed by atoms with E-state index in [1.807, 2.05) is 55.5 Å². The second kappa shape index (κ2) is 6.87. The van der Waals surface area contributed by atoms with Crippen molar-refractivity contribution in [1.29, 1.82) is 0 Å². The molecule has 7 nitrogen and oxygen atoms in total. The Hall–Kier alpha value is -3.74. The summed E-state index contributed by atoms with van der Waals surface area (Å²) in [5.74, 6) is -0.0150. The third-order valence-electron chi connectivity index (χ3n) is 4.12. The highest BCUT2D eigenvalue weighted by atomic mass is 16.4. The lowest BCUT2D eigenvalue weighted by atomic mass is 10.0. The number of aromatic nitrogens is 4. The second-order valence-electron chi connectivity index (χ2n) is 6.10. The predicted octanol–water partition coefficient (Wildman–Crippen LogP) is 3.70. The molecule has 0 saturated heterocycles. The number of hydrogen-bond donors (Lipinski definition) is 1. The quantitative estimate of drug-likeness (QED) is 0.600. The van der Waals surface area contributed by atoms with E-state index in [9.17, 15) is 4.79 Å². The summed E-state index contributed by atoms with van der Waals surface area (Å²) < 4.78 is 7.18. The maximum absolute atomic E-state index is 12.4. The number of hydrogen-bond acceptors (Lipinski definition) is 5. The molecular formula is C20H17N5O2. The average molecular weight is 359 g/mol. The third kappa shape index (κ3) is 3.48. The first-order valence-electron chi connectivity index (χ1n) is 8.41. The van der Waals surface area contributed by atoms with Crippen molar-refractivity contribution in [3.8, 4) is 22.7 Å². The fourth-order valence-corrected chi connectivity index (χ4v) is 2.80. The van der Waals surface area contributed by atoms with Gasteiger partial charge in [0.05, 0.1) is 5.69 Å². The van der Waals surface area contributed by atoms with Crippen LogP contribution in [0.4, 0.5) is 6.01 Å². The minimum Gasteiger partial charge on any atom is -0.401 e. The molecule has 0 aliphatic rings. The van der Waals surface area contributed by atoms with Gasteiger partial charge in [0.1, 0.15) is 5.69 Å². The molecule has 134 valence electrons. The molecular weight excluding hydrogens is 342 g/mol. The van der Waals surface area contributed by atoms with E-state index < -0.39 is 0 Å². The zero-order chi connectivity index (χ0) is 18.8. The van der Waals surface area contributed by atoms with Crippen LogP contribution in [0.25, 0.3) is 22.7 Å². The van der Waals surface area contributed by atoms with Crippen LogP contribution in [0.1, 0.15) is 16.1 Å². The average Bonchev–Trinajstić information content (AvgIpc) is 3.28. The molecule has 0 aliphatic carbocycles. The summed E-state index contributed by atoms with van der Waals surface area (Å²) in [7, 11) is 1.79. The molecule has 4 aromatic rings. The van der Waals surface area contributed by atoms with Crippen molar-refractivity contribution in [2.45, 2.75) is 6.92 Å². The van der Waals surface area contributed by atoms with Gasteiger partial charge >= 0.3 is 6.01 Å². The number of benzene rings is 2. The molecule has 4 rings (SSSR count). The Morgan fingerprint density at radius 1 is 1.00 bits per heavy atom. The molecule has 2 aromatic carbocycles. The SMILES string of the molecule is Cc1cc(-c2nnc(NC(=O)c3ccc(-c4ccccc4)cc3)o2)n(C)n1. The molecule has 2 heterocycles. The smallest absolute Gasteiger partial charge is 0.322 e. The standard InChI is InChI=1S/C20H17N5O2/c1-13-12-17(25(2)24-13)19-22-23-20(27-19)21-18(26)16-10-8-15(9-11-16)14-6-4-3-5-7-14/h3-12H,1-2H3,(H,21,23,26). The van der Waals surface area contributed by atoms with E-state index in [0.29, 0.717) is 17.1 Å². The van der Waals surface area contributed by atoms with Crippen LogP contribution in [0.15, 0.2) is 65.1 Å². The molecule has 7 heteroatoms. The fraction of sp³-hybridized carbons (Fsp3) is 0.100. The van der Waals surface area contributed by atoms with Crippen LogP contribution in [-0.4, -0.2) is 25.9 Å². The number of aryl methyl sites for hydroxylation is 2. The van der Waals surface area contributed by atoms with Crippen LogP contribution in [0.2, 0.25) is 0 Å². The van der Waals surface area contributed by atoms with Gasteiger partial charge in [0.25, 0.3) is 11.8 Å². The van der Waals surface area contributed by atoms with Crippen LogP contribution in [0, 0.1) is 6.92 Å². The molecule has 27 heavy (non-hydrogen) atoms. The molecule has 0 aliphatic heterocycles.